The van der Waals surface area contributed by atoms with Crippen molar-refractivity contribution in [3.05, 3.63) is 18.2 Å². The van der Waals surface area contributed by atoms with E-state index in [4.69, 9.17) is 5.73 Å². The summed E-state index contributed by atoms with van der Waals surface area (Å²) < 4.78 is 2.34. The van der Waals surface area contributed by atoms with Gasteiger partial charge < -0.3 is 10.3 Å². The Morgan fingerprint density at radius 3 is 2.61 bits per heavy atom. The van der Waals surface area contributed by atoms with Crippen LogP contribution in [0, 0.1) is 5.92 Å². The first-order valence-corrected chi connectivity index (χ1v) is 7.35. The highest BCUT2D eigenvalue weighted by Gasteiger charge is 2.28. The molecule has 0 aliphatic heterocycles. The first kappa shape index (κ1) is 13.6. The van der Waals surface area contributed by atoms with Crippen molar-refractivity contribution >= 4 is 0 Å². The summed E-state index contributed by atoms with van der Waals surface area (Å²) in [7, 11) is 0. The molecule has 0 aromatic carbocycles. The van der Waals surface area contributed by atoms with Crippen LogP contribution in [-0.4, -0.2) is 9.55 Å². The minimum atomic E-state index is -0.307. The van der Waals surface area contributed by atoms with E-state index in [-0.39, 0.29) is 5.54 Å². The van der Waals surface area contributed by atoms with Crippen LogP contribution in [0.25, 0.3) is 0 Å². The predicted molar refractivity (Wildman–Crippen MR) is 75.3 cm³/mol. The normalized spacial score (nSPS) is 20.0. The van der Waals surface area contributed by atoms with Crippen molar-refractivity contribution in [2.45, 2.75) is 70.9 Å². The Bertz CT molecular complexity index is 369. The van der Waals surface area contributed by atoms with Gasteiger partial charge >= 0.3 is 0 Å². The van der Waals surface area contributed by atoms with E-state index in [0.717, 1.165) is 5.92 Å². The van der Waals surface area contributed by atoms with Gasteiger partial charge in [0.1, 0.15) is 0 Å². The molecule has 2 rings (SSSR count). The third kappa shape index (κ3) is 2.77. The fourth-order valence-corrected chi connectivity index (χ4v) is 3.34. The summed E-state index contributed by atoms with van der Waals surface area (Å²) in [5.74, 6) is 0.805. The fraction of sp³-hybridized carbons (Fsp3) is 0.800. The van der Waals surface area contributed by atoms with Gasteiger partial charge in [0.25, 0.3) is 0 Å². The van der Waals surface area contributed by atoms with Crippen LogP contribution in [-0.2, 0) is 5.54 Å². The molecule has 102 valence electrons. The Hall–Kier alpha value is -0.830. The molecule has 1 saturated carbocycles. The average molecular weight is 249 g/mol. The van der Waals surface area contributed by atoms with E-state index in [1.54, 1.807) is 0 Å². The molecule has 1 atom stereocenters. The quantitative estimate of drug-likeness (QED) is 0.886. The summed E-state index contributed by atoms with van der Waals surface area (Å²) in [6.45, 7) is 6.41. The number of hydrogen-bond acceptors (Lipinski definition) is 2. The van der Waals surface area contributed by atoms with Crippen LogP contribution in [0.4, 0.5) is 0 Å². The van der Waals surface area contributed by atoms with Gasteiger partial charge in [0.05, 0.1) is 17.6 Å². The molecule has 3 nitrogen and oxygen atoms in total. The van der Waals surface area contributed by atoms with Crippen molar-refractivity contribution < 1.29 is 0 Å². The number of nitrogens with two attached hydrogens (primary N) is 1. The van der Waals surface area contributed by atoms with Crippen molar-refractivity contribution in [1.82, 2.24) is 9.55 Å². The molecular formula is C15H27N3. The first-order valence-electron chi connectivity index (χ1n) is 7.35. The lowest BCUT2D eigenvalue weighted by Crippen LogP contribution is -2.34. The summed E-state index contributed by atoms with van der Waals surface area (Å²) >= 11 is 0. The Morgan fingerprint density at radius 1 is 1.39 bits per heavy atom. The molecule has 1 aliphatic carbocycles. The van der Waals surface area contributed by atoms with E-state index in [1.807, 2.05) is 12.5 Å². The van der Waals surface area contributed by atoms with E-state index in [0.29, 0.717) is 6.04 Å². The van der Waals surface area contributed by atoms with Crippen LogP contribution in [0.15, 0.2) is 12.5 Å². The van der Waals surface area contributed by atoms with Crippen LogP contribution in [0.2, 0.25) is 0 Å². The highest BCUT2D eigenvalue weighted by atomic mass is 15.1. The lowest BCUT2D eigenvalue weighted by molar-refractivity contribution is 0.234. The van der Waals surface area contributed by atoms with E-state index in [9.17, 15) is 0 Å². The van der Waals surface area contributed by atoms with Gasteiger partial charge in [-0.3, -0.25) is 0 Å². The standard InChI is InChI=1S/C15H27N3/c1-4-13(12-8-6-5-7-9-12)18-11-17-10-14(18)15(2,3)16/h10-13H,4-9,16H2,1-3H3. The molecule has 1 aromatic heterocycles. The Morgan fingerprint density at radius 2 is 2.06 bits per heavy atom. The zero-order valence-electron chi connectivity index (χ0n) is 12.0. The van der Waals surface area contributed by atoms with E-state index >= 15 is 0 Å². The van der Waals surface area contributed by atoms with Crippen LogP contribution in [0.1, 0.15) is 71.0 Å². The average Bonchev–Trinajstić information content (AvgIpc) is 2.80. The zero-order valence-corrected chi connectivity index (χ0v) is 12.0. The molecule has 1 fully saturated rings. The fourth-order valence-electron chi connectivity index (χ4n) is 3.34. The minimum absolute atomic E-state index is 0.307. The number of rotatable bonds is 4. The Kier molecular flexibility index (Phi) is 4.10. The minimum Gasteiger partial charge on any atom is -0.330 e. The molecule has 18 heavy (non-hydrogen) atoms. The Balaban J connectivity index is 2.24. The van der Waals surface area contributed by atoms with Crippen LogP contribution >= 0.6 is 0 Å². The first-order chi connectivity index (χ1) is 8.54. The maximum atomic E-state index is 6.26. The summed E-state index contributed by atoms with van der Waals surface area (Å²) in [6.07, 6.45) is 12.0. The topological polar surface area (TPSA) is 43.8 Å². The molecule has 1 unspecified atom stereocenters. The van der Waals surface area contributed by atoms with Crippen molar-refractivity contribution in [1.29, 1.82) is 0 Å². The molecule has 0 spiro atoms. The van der Waals surface area contributed by atoms with E-state index < -0.39 is 0 Å². The second-order valence-electron chi connectivity index (χ2n) is 6.28. The summed E-state index contributed by atoms with van der Waals surface area (Å²) in [4.78, 5) is 4.34. The molecule has 0 bridgehead atoms. The highest BCUT2D eigenvalue weighted by molar-refractivity contribution is 5.11. The van der Waals surface area contributed by atoms with Crippen molar-refractivity contribution in [3.8, 4) is 0 Å². The lowest BCUT2D eigenvalue weighted by atomic mass is 9.82. The van der Waals surface area contributed by atoms with Gasteiger partial charge in [0.15, 0.2) is 0 Å². The van der Waals surface area contributed by atoms with Gasteiger partial charge in [-0.05, 0) is 39.0 Å². The van der Waals surface area contributed by atoms with Gasteiger partial charge in [-0.2, -0.15) is 0 Å². The summed E-state index contributed by atoms with van der Waals surface area (Å²) in [5.41, 5.74) is 7.12. The second kappa shape index (κ2) is 5.43. The molecule has 1 aromatic rings. The smallest absolute Gasteiger partial charge is 0.0951 e. The maximum absolute atomic E-state index is 6.26. The van der Waals surface area contributed by atoms with E-state index in [1.165, 1.54) is 44.2 Å². The summed E-state index contributed by atoms with van der Waals surface area (Å²) in [6, 6.07) is 0.575. The molecule has 2 N–H and O–H groups in total. The zero-order chi connectivity index (χ0) is 13.2. The van der Waals surface area contributed by atoms with Gasteiger partial charge in [-0.1, -0.05) is 26.2 Å². The van der Waals surface area contributed by atoms with Crippen molar-refractivity contribution in [2.75, 3.05) is 0 Å². The van der Waals surface area contributed by atoms with Gasteiger partial charge in [-0.15, -0.1) is 0 Å². The van der Waals surface area contributed by atoms with E-state index in [2.05, 4.69) is 30.3 Å². The maximum Gasteiger partial charge on any atom is 0.0951 e. The third-order valence-corrected chi connectivity index (χ3v) is 4.30. The molecule has 0 amide bonds. The van der Waals surface area contributed by atoms with Gasteiger partial charge in [0.2, 0.25) is 0 Å². The second-order valence-corrected chi connectivity index (χ2v) is 6.28. The van der Waals surface area contributed by atoms with Crippen LogP contribution in [0.3, 0.4) is 0 Å². The highest BCUT2D eigenvalue weighted by Crippen LogP contribution is 2.36. The largest absolute Gasteiger partial charge is 0.330 e. The van der Waals surface area contributed by atoms with Gasteiger partial charge in [-0.25, -0.2) is 4.98 Å². The van der Waals surface area contributed by atoms with Crippen molar-refractivity contribution in [2.24, 2.45) is 11.7 Å². The SMILES string of the molecule is CCC(C1CCCCC1)n1cncc1C(C)(C)N. The molecule has 0 saturated heterocycles. The molecule has 1 aliphatic rings. The molecule has 0 radical (unpaired) electrons. The van der Waals surface area contributed by atoms with Crippen LogP contribution in [0.5, 0.6) is 0 Å². The number of nitrogens with zero attached hydrogens (tertiary/aromatic N) is 2. The number of hydrogen-bond donors (Lipinski definition) is 1. The molecular weight excluding hydrogens is 222 g/mol. The number of imidazole rings is 1. The van der Waals surface area contributed by atoms with Crippen LogP contribution < -0.4 is 5.73 Å². The molecule has 3 heteroatoms. The Labute approximate surface area is 111 Å². The van der Waals surface area contributed by atoms with Crippen molar-refractivity contribution in [3.63, 3.8) is 0 Å². The predicted octanol–water partition coefficient (Wildman–Crippen LogP) is 3.61. The summed E-state index contributed by atoms with van der Waals surface area (Å²) in [5, 5.41) is 0. The number of aromatic nitrogens is 2. The monoisotopic (exact) mass is 249 g/mol. The third-order valence-electron chi connectivity index (χ3n) is 4.30. The molecule has 1 heterocycles. The van der Waals surface area contributed by atoms with Gasteiger partial charge in [0, 0.05) is 12.2 Å². The lowest BCUT2D eigenvalue weighted by Gasteiger charge is -2.33.